The smallest absolute Gasteiger partial charge is 0.394 e. The van der Waals surface area contributed by atoms with Gasteiger partial charge in [-0.2, -0.15) is 32.6 Å². The van der Waals surface area contributed by atoms with Crippen LogP contribution in [0.3, 0.4) is 0 Å². The minimum atomic E-state index is -4.96. The molecule has 17 nitrogen and oxygen atoms in total. The molecule has 7 N–H and O–H groups in total. The summed E-state index contributed by atoms with van der Waals surface area (Å²) in [6.07, 6.45) is -12.0. The molecule has 0 saturated carbocycles. The van der Waals surface area contributed by atoms with Crippen LogP contribution in [0.2, 0.25) is 0 Å². The Balaban J connectivity index is 1.33. The fourth-order valence-corrected chi connectivity index (χ4v) is 6.85. The summed E-state index contributed by atoms with van der Waals surface area (Å²) in [5, 5.41) is 57.8. The van der Waals surface area contributed by atoms with Gasteiger partial charge in [-0.15, -0.1) is 0 Å². The van der Waals surface area contributed by atoms with Crippen molar-refractivity contribution in [2.24, 2.45) is 4.99 Å². The number of hydrogen-bond acceptors (Lipinski definition) is 14. The Morgan fingerprint density at radius 3 is 2.05 bits per heavy atom. The fraction of sp³-hybridized carbons (Fsp3) is 0.472. The molecular weight excluding hydrogens is 747 g/mol. The van der Waals surface area contributed by atoms with E-state index in [-0.39, 0.29) is 42.8 Å². The first-order chi connectivity index (χ1) is 26.9. The maximum atomic E-state index is 14.1. The summed E-state index contributed by atoms with van der Waals surface area (Å²) in [5.41, 5.74) is 0.859. The zero-order valence-corrected chi connectivity index (χ0v) is 29.9. The molecular formula is C36H43F3N7O10+. The van der Waals surface area contributed by atoms with Gasteiger partial charge in [0.2, 0.25) is 30.4 Å². The van der Waals surface area contributed by atoms with Gasteiger partial charge in [0.05, 0.1) is 37.1 Å². The minimum Gasteiger partial charge on any atom is -0.394 e. The van der Waals surface area contributed by atoms with Crippen LogP contribution in [-0.4, -0.2) is 129 Å². The molecule has 0 aliphatic carbocycles. The minimum absolute atomic E-state index is 0.0256. The predicted molar refractivity (Wildman–Crippen MR) is 193 cm³/mol. The van der Waals surface area contributed by atoms with E-state index in [4.69, 9.17) is 19.2 Å². The van der Waals surface area contributed by atoms with E-state index in [1.54, 1.807) is 60.7 Å². The summed E-state index contributed by atoms with van der Waals surface area (Å²) >= 11 is 0. The van der Waals surface area contributed by atoms with Crippen LogP contribution in [0.5, 0.6) is 5.88 Å². The van der Waals surface area contributed by atoms with Gasteiger partial charge in [-0.1, -0.05) is 49.2 Å². The third-order valence-corrected chi connectivity index (χ3v) is 9.70. The number of carbonyl (C=O) groups is 2. The maximum absolute atomic E-state index is 14.1. The molecule has 1 unspecified atom stereocenters. The molecule has 4 heterocycles. The molecule has 2 saturated heterocycles. The Morgan fingerprint density at radius 1 is 0.857 bits per heavy atom. The number of aliphatic hydroxyl groups excluding tert-OH is 5. The summed E-state index contributed by atoms with van der Waals surface area (Å²) in [7, 11) is 0. The fourth-order valence-electron chi connectivity index (χ4n) is 6.85. The van der Waals surface area contributed by atoms with E-state index in [1.165, 1.54) is 11.2 Å². The number of aliphatic imine (C=N–C) groups is 1. The highest BCUT2D eigenvalue weighted by Gasteiger charge is 2.64. The van der Waals surface area contributed by atoms with Crippen LogP contribution in [-0.2, 0) is 14.3 Å². The Kier molecular flexibility index (Phi) is 12.8. The van der Waals surface area contributed by atoms with Crippen LogP contribution in [0.15, 0.2) is 65.7 Å². The number of nitrogens with zero attached hydrogens (tertiary/aromatic N) is 5. The second-order valence-corrected chi connectivity index (χ2v) is 13.4. The summed E-state index contributed by atoms with van der Waals surface area (Å²) < 4.78 is 54.8. The zero-order valence-electron chi connectivity index (χ0n) is 29.9. The Morgan fingerprint density at radius 2 is 1.48 bits per heavy atom. The number of benzene rings is 2. The molecule has 6 rings (SSSR count). The average Bonchev–Trinajstić information content (AvgIpc) is 3.85. The third-order valence-electron chi connectivity index (χ3n) is 9.70. The maximum Gasteiger partial charge on any atom is 0.471 e. The molecule has 56 heavy (non-hydrogen) atoms. The molecule has 20 heteroatoms. The molecule has 2 fully saturated rings. The van der Waals surface area contributed by atoms with Gasteiger partial charge < -0.3 is 50.4 Å². The first-order valence-corrected chi connectivity index (χ1v) is 18.0. The molecule has 2 aromatic carbocycles. The van der Waals surface area contributed by atoms with Gasteiger partial charge in [0.15, 0.2) is 6.10 Å². The second-order valence-electron chi connectivity index (χ2n) is 13.4. The number of hydrogen-bond donors (Lipinski definition) is 7. The van der Waals surface area contributed by atoms with Gasteiger partial charge in [-0.05, 0) is 37.1 Å². The highest BCUT2D eigenvalue weighted by Crippen LogP contribution is 2.50. The lowest BCUT2D eigenvalue weighted by atomic mass is 10.1. The zero-order chi connectivity index (χ0) is 40.0. The number of ether oxygens (including phenoxy) is 3. The van der Waals surface area contributed by atoms with Crippen LogP contribution in [0.1, 0.15) is 32.1 Å². The molecule has 2 amide bonds. The van der Waals surface area contributed by atoms with E-state index in [9.17, 15) is 48.3 Å². The van der Waals surface area contributed by atoms with Crippen LogP contribution in [0.4, 0.5) is 46.8 Å². The number of amides is 2. The van der Waals surface area contributed by atoms with Gasteiger partial charge >= 0.3 is 18.2 Å². The number of quaternary nitrogens is 1. The van der Waals surface area contributed by atoms with Crippen LogP contribution < -0.4 is 24.8 Å². The lowest BCUT2D eigenvalue weighted by Crippen LogP contribution is -2.65. The van der Waals surface area contributed by atoms with Crippen LogP contribution >= 0.6 is 0 Å². The average molecular weight is 791 g/mol. The number of halogens is 3. The number of aromatic nitrogens is 2. The van der Waals surface area contributed by atoms with E-state index in [0.29, 0.717) is 37.1 Å². The molecule has 1 aromatic heterocycles. The summed E-state index contributed by atoms with van der Waals surface area (Å²) in [6, 6.07) is 17.4. The molecule has 3 aliphatic heterocycles. The molecule has 8 atom stereocenters. The molecule has 0 bridgehead atoms. The van der Waals surface area contributed by atoms with Crippen molar-refractivity contribution in [3.8, 4) is 5.88 Å². The number of alkyl halides is 3. The van der Waals surface area contributed by atoms with E-state index >= 15 is 0 Å². The lowest BCUT2D eigenvalue weighted by molar-refractivity contribution is -0.173. The van der Waals surface area contributed by atoms with Crippen molar-refractivity contribution in [1.29, 1.82) is 0 Å². The van der Waals surface area contributed by atoms with Crippen molar-refractivity contribution in [3.05, 3.63) is 60.7 Å². The largest absolute Gasteiger partial charge is 0.471 e. The SMILES string of the molecule is O=C(Oc1nc(NCCCCCCNC(=O)C(F)(F)F)nc2c1N=C[N+]2([C@@H]1C[C@H](O)[C@@H](CO)O1)[C@@H]1O[C@H](CO)[C@@H](O)[C@H]1O)N(c1ccccc1)c1ccccc1. The highest BCUT2D eigenvalue weighted by atomic mass is 19.4. The monoisotopic (exact) mass is 790 g/mol. The van der Waals surface area contributed by atoms with Crippen LogP contribution in [0.25, 0.3) is 0 Å². The number of nitrogens with one attached hydrogen (secondary N) is 2. The van der Waals surface area contributed by atoms with Crippen molar-refractivity contribution >= 4 is 47.2 Å². The molecule has 0 spiro atoms. The lowest BCUT2D eigenvalue weighted by Gasteiger charge is -2.39. The number of carbonyl (C=O) groups excluding carboxylic acids is 2. The van der Waals surface area contributed by atoms with Gasteiger partial charge in [0.1, 0.15) is 18.3 Å². The first kappa shape index (κ1) is 40.9. The van der Waals surface area contributed by atoms with Crippen molar-refractivity contribution in [2.45, 2.75) is 81.3 Å². The Labute approximate surface area is 318 Å². The summed E-state index contributed by atoms with van der Waals surface area (Å²) in [4.78, 5) is 40.2. The predicted octanol–water partition coefficient (Wildman–Crippen LogP) is 2.35. The summed E-state index contributed by atoms with van der Waals surface area (Å²) in [5.74, 6) is -2.42. The van der Waals surface area contributed by atoms with Crippen molar-refractivity contribution in [1.82, 2.24) is 19.8 Å². The normalized spacial score (nSPS) is 26.9. The van der Waals surface area contributed by atoms with Crippen molar-refractivity contribution < 1.29 is 62.5 Å². The Hall–Kier alpha value is -4.80. The van der Waals surface area contributed by atoms with Crippen LogP contribution in [0, 0.1) is 0 Å². The molecule has 0 radical (unpaired) electrons. The number of para-hydroxylation sites is 2. The Bertz CT molecular complexity index is 1810. The summed E-state index contributed by atoms with van der Waals surface area (Å²) in [6.45, 7) is -1.12. The molecule has 3 aliphatic rings. The standard InChI is InChI=1S/C36H42F3N7O10/c37-36(38,39)33(52)40-15-9-1-2-10-16-41-34-43-30-27(31(44-34)56-35(53)45(21-11-5-3-6-12-21)22-13-7-4-8-14-22)42-20-46(30,26-17-23(49)24(18-47)54-26)32-29(51)28(50)25(19-48)55-32/h3-8,11-14,20,23-26,28-29,32,47-51H,1-2,9-10,15-19H2,(H-,40,41,43,44,52)/p+1/t23-,24+,25+,26-,28+,29+,32+,46?/m0/s1. The van der Waals surface area contributed by atoms with Crippen molar-refractivity contribution in [3.63, 3.8) is 0 Å². The van der Waals surface area contributed by atoms with Gasteiger partial charge in [-0.3, -0.25) is 4.79 Å². The number of aliphatic hydroxyl groups is 5. The molecule has 302 valence electrons. The van der Waals surface area contributed by atoms with Gasteiger partial charge in [0.25, 0.3) is 11.7 Å². The van der Waals surface area contributed by atoms with E-state index in [2.05, 4.69) is 15.3 Å². The highest BCUT2D eigenvalue weighted by molar-refractivity contribution is 5.98. The second kappa shape index (κ2) is 17.6. The molecule has 3 aromatic rings. The number of rotatable bonds is 15. The number of anilines is 3. The van der Waals surface area contributed by atoms with Gasteiger partial charge in [-0.25, -0.2) is 9.69 Å². The topological polar surface area (TPSA) is 228 Å². The van der Waals surface area contributed by atoms with E-state index < -0.39 is 78.8 Å². The third kappa shape index (κ3) is 8.47. The van der Waals surface area contributed by atoms with Gasteiger partial charge in [0, 0.05) is 13.1 Å². The quantitative estimate of drug-likeness (QED) is 0.0868. The van der Waals surface area contributed by atoms with Crippen molar-refractivity contribution in [2.75, 3.05) is 36.5 Å². The first-order valence-electron chi connectivity index (χ1n) is 18.0. The number of unbranched alkanes of at least 4 members (excludes halogenated alkanes) is 3. The van der Waals surface area contributed by atoms with E-state index in [1.807, 2.05) is 5.32 Å². The van der Waals surface area contributed by atoms with E-state index in [0.717, 1.165) is 0 Å². The number of fused-ring (bicyclic) bond motifs is 1.